The number of nitrogens with zero attached hydrogens (tertiary/aromatic N) is 1. The zero-order valence-electron chi connectivity index (χ0n) is 10.6. The summed E-state index contributed by atoms with van der Waals surface area (Å²) >= 11 is 5.53. The number of carbonyl (C=O) groups is 1. The van der Waals surface area contributed by atoms with Gasteiger partial charge in [0.05, 0.1) is 16.7 Å². The lowest BCUT2D eigenvalue weighted by Crippen LogP contribution is -2.13. The normalized spacial score (nSPS) is 10.7. The number of rotatable bonds is 3. The number of carbonyl (C=O) groups excluding carboxylic acids is 1. The molecular formula is C15H12ClN3O. The molecule has 100 valence electrons. The van der Waals surface area contributed by atoms with Crippen molar-refractivity contribution in [2.24, 2.45) is 0 Å². The molecule has 5 heteroatoms. The third-order valence-corrected chi connectivity index (χ3v) is 3.21. The third-order valence-electron chi connectivity index (χ3n) is 2.97. The van der Waals surface area contributed by atoms with Crippen molar-refractivity contribution in [3.8, 4) is 11.4 Å². The van der Waals surface area contributed by atoms with Crippen molar-refractivity contribution in [2.75, 3.05) is 11.2 Å². The number of halogens is 1. The fourth-order valence-electron chi connectivity index (χ4n) is 2.06. The Balaban J connectivity index is 2.07. The molecule has 0 radical (unpaired) electrons. The molecule has 0 aliphatic heterocycles. The number of aromatic nitrogens is 2. The van der Waals surface area contributed by atoms with Crippen molar-refractivity contribution in [1.29, 1.82) is 0 Å². The summed E-state index contributed by atoms with van der Waals surface area (Å²) in [7, 11) is 0. The van der Waals surface area contributed by atoms with E-state index in [2.05, 4.69) is 15.3 Å². The molecule has 0 atom stereocenters. The van der Waals surface area contributed by atoms with Crippen molar-refractivity contribution >= 4 is 34.2 Å². The molecule has 1 aromatic heterocycles. The van der Waals surface area contributed by atoms with Crippen LogP contribution in [0, 0.1) is 0 Å². The first kappa shape index (κ1) is 12.7. The van der Waals surface area contributed by atoms with Crippen molar-refractivity contribution in [1.82, 2.24) is 9.97 Å². The number of aromatic amines is 1. The van der Waals surface area contributed by atoms with Gasteiger partial charge in [0.15, 0.2) is 0 Å². The molecule has 0 unspecified atom stereocenters. The summed E-state index contributed by atoms with van der Waals surface area (Å²) < 4.78 is 0. The van der Waals surface area contributed by atoms with E-state index >= 15 is 0 Å². The fourth-order valence-corrected chi connectivity index (χ4v) is 2.13. The maximum Gasteiger partial charge on any atom is 0.239 e. The standard InChI is InChI=1S/C15H12ClN3O/c16-9-14(20)17-11-6-2-1-5-10(11)15-18-12-7-3-4-8-13(12)19-15/h1-8H,9H2,(H,17,20)(H,18,19). The van der Waals surface area contributed by atoms with Gasteiger partial charge in [0.2, 0.25) is 5.91 Å². The van der Waals surface area contributed by atoms with E-state index in [4.69, 9.17) is 11.6 Å². The molecule has 0 saturated heterocycles. The van der Waals surface area contributed by atoms with Gasteiger partial charge in [-0.1, -0.05) is 24.3 Å². The molecule has 1 amide bonds. The molecule has 0 fully saturated rings. The SMILES string of the molecule is O=C(CCl)Nc1ccccc1-c1nc2ccccc2[nH]1. The molecule has 0 aliphatic rings. The minimum absolute atomic E-state index is 0.0749. The average Bonchev–Trinajstić information content (AvgIpc) is 2.91. The van der Waals surface area contributed by atoms with Gasteiger partial charge in [-0.05, 0) is 24.3 Å². The molecule has 0 bridgehead atoms. The molecule has 0 spiro atoms. The van der Waals surface area contributed by atoms with Crippen molar-refractivity contribution < 1.29 is 4.79 Å². The van der Waals surface area contributed by atoms with Gasteiger partial charge < -0.3 is 10.3 Å². The van der Waals surface area contributed by atoms with Gasteiger partial charge in [-0.15, -0.1) is 11.6 Å². The lowest BCUT2D eigenvalue weighted by Gasteiger charge is -2.07. The molecule has 4 nitrogen and oxygen atoms in total. The fraction of sp³-hybridized carbons (Fsp3) is 0.0667. The topological polar surface area (TPSA) is 57.8 Å². The quantitative estimate of drug-likeness (QED) is 0.725. The maximum absolute atomic E-state index is 11.5. The number of anilines is 1. The summed E-state index contributed by atoms with van der Waals surface area (Å²) in [6.45, 7) is 0. The van der Waals surface area contributed by atoms with E-state index in [1.165, 1.54) is 0 Å². The molecule has 0 saturated carbocycles. The number of imidazole rings is 1. The van der Waals surface area contributed by atoms with Crippen molar-refractivity contribution in [2.45, 2.75) is 0 Å². The van der Waals surface area contributed by atoms with Crippen LogP contribution in [-0.4, -0.2) is 21.8 Å². The molecular weight excluding hydrogens is 274 g/mol. The van der Waals surface area contributed by atoms with Crippen LogP contribution in [-0.2, 0) is 4.79 Å². The molecule has 2 aromatic carbocycles. The molecule has 2 N–H and O–H groups in total. The number of alkyl halides is 1. The minimum Gasteiger partial charge on any atom is -0.338 e. The number of H-pyrrole nitrogens is 1. The van der Waals surface area contributed by atoms with Crippen LogP contribution >= 0.6 is 11.6 Å². The monoisotopic (exact) mass is 285 g/mol. The van der Waals surface area contributed by atoms with Crippen LogP contribution in [0.2, 0.25) is 0 Å². The van der Waals surface area contributed by atoms with E-state index in [1.807, 2.05) is 48.5 Å². The number of amides is 1. The van der Waals surface area contributed by atoms with Gasteiger partial charge in [-0.3, -0.25) is 4.79 Å². The van der Waals surface area contributed by atoms with Crippen LogP contribution in [0.4, 0.5) is 5.69 Å². The zero-order chi connectivity index (χ0) is 13.9. The van der Waals surface area contributed by atoms with Crippen LogP contribution in [0.25, 0.3) is 22.4 Å². The first-order valence-electron chi connectivity index (χ1n) is 6.18. The highest BCUT2D eigenvalue weighted by atomic mass is 35.5. The van der Waals surface area contributed by atoms with Gasteiger partial charge in [0.1, 0.15) is 11.7 Å². The Bertz CT molecular complexity index is 733. The Kier molecular flexibility index (Phi) is 3.39. The second-order valence-electron chi connectivity index (χ2n) is 4.33. The molecule has 20 heavy (non-hydrogen) atoms. The highest BCUT2D eigenvalue weighted by molar-refractivity contribution is 6.29. The number of para-hydroxylation sites is 3. The number of benzene rings is 2. The first-order valence-corrected chi connectivity index (χ1v) is 6.71. The Morgan fingerprint density at radius 1 is 1.15 bits per heavy atom. The summed E-state index contributed by atoms with van der Waals surface area (Å²) in [4.78, 5) is 19.2. The van der Waals surface area contributed by atoms with Crippen molar-refractivity contribution in [3.63, 3.8) is 0 Å². The van der Waals surface area contributed by atoms with E-state index in [9.17, 15) is 4.79 Å². The van der Waals surface area contributed by atoms with Gasteiger partial charge in [-0.2, -0.15) is 0 Å². The van der Waals surface area contributed by atoms with Crippen LogP contribution in [0.5, 0.6) is 0 Å². The second kappa shape index (κ2) is 5.35. The average molecular weight is 286 g/mol. The Morgan fingerprint density at radius 2 is 1.90 bits per heavy atom. The number of hydrogen-bond donors (Lipinski definition) is 2. The maximum atomic E-state index is 11.5. The van der Waals surface area contributed by atoms with E-state index in [0.29, 0.717) is 5.69 Å². The third kappa shape index (κ3) is 2.38. The van der Waals surface area contributed by atoms with Gasteiger partial charge in [-0.25, -0.2) is 4.98 Å². The molecule has 0 aliphatic carbocycles. The Morgan fingerprint density at radius 3 is 2.70 bits per heavy atom. The smallest absolute Gasteiger partial charge is 0.239 e. The number of nitrogens with one attached hydrogen (secondary N) is 2. The van der Waals surface area contributed by atoms with E-state index < -0.39 is 0 Å². The number of fused-ring (bicyclic) bond motifs is 1. The van der Waals surface area contributed by atoms with Gasteiger partial charge >= 0.3 is 0 Å². The summed E-state index contributed by atoms with van der Waals surface area (Å²) in [5.74, 6) is 0.404. The Labute approximate surface area is 120 Å². The summed E-state index contributed by atoms with van der Waals surface area (Å²) in [6.07, 6.45) is 0. The van der Waals surface area contributed by atoms with Crippen LogP contribution in [0.15, 0.2) is 48.5 Å². The van der Waals surface area contributed by atoms with Gasteiger partial charge in [0.25, 0.3) is 0 Å². The minimum atomic E-state index is -0.241. The molecule has 3 aromatic rings. The summed E-state index contributed by atoms with van der Waals surface area (Å²) in [5, 5.41) is 2.77. The number of hydrogen-bond acceptors (Lipinski definition) is 2. The largest absolute Gasteiger partial charge is 0.338 e. The van der Waals surface area contributed by atoms with E-state index in [1.54, 1.807) is 0 Å². The highest BCUT2D eigenvalue weighted by Crippen LogP contribution is 2.27. The lowest BCUT2D eigenvalue weighted by atomic mass is 10.1. The predicted octanol–water partition coefficient (Wildman–Crippen LogP) is 3.41. The van der Waals surface area contributed by atoms with E-state index in [-0.39, 0.29) is 11.8 Å². The van der Waals surface area contributed by atoms with Gasteiger partial charge in [0, 0.05) is 5.56 Å². The van der Waals surface area contributed by atoms with E-state index in [0.717, 1.165) is 22.4 Å². The molecule has 3 rings (SSSR count). The zero-order valence-corrected chi connectivity index (χ0v) is 11.3. The molecule has 1 heterocycles. The van der Waals surface area contributed by atoms with Crippen molar-refractivity contribution in [3.05, 3.63) is 48.5 Å². The van der Waals surface area contributed by atoms with Crippen LogP contribution in [0.1, 0.15) is 0 Å². The first-order chi connectivity index (χ1) is 9.78. The second-order valence-corrected chi connectivity index (χ2v) is 4.60. The Hall–Kier alpha value is -2.33. The van der Waals surface area contributed by atoms with Crippen LogP contribution in [0.3, 0.4) is 0 Å². The lowest BCUT2D eigenvalue weighted by molar-refractivity contribution is -0.113. The van der Waals surface area contributed by atoms with Crippen LogP contribution < -0.4 is 5.32 Å². The highest BCUT2D eigenvalue weighted by Gasteiger charge is 2.11. The summed E-state index contributed by atoms with van der Waals surface area (Å²) in [6, 6.07) is 15.3. The summed E-state index contributed by atoms with van der Waals surface area (Å²) in [5.41, 5.74) is 3.38. The predicted molar refractivity (Wildman–Crippen MR) is 80.9 cm³/mol.